The molecule has 0 aliphatic rings. The number of carbonyl (C=O) groups excluding carboxylic acids is 1. The van der Waals surface area contributed by atoms with Crippen LogP contribution in [0.1, 0.15) is 41.5 Å². The van der Waals surface area contributed by atoms with Gasteiger partial charge in [0.2, 0.25) is 0 Å². The molecule has 38 heavy (non-hydrogen) atoms. The number of hydrogen-bond donors (Lipinski definition) is 3. The highest BCUT2D eigenvalue weighted by Crippen LogP contribution is 2.27. The first-order valence-electron chi connectivity index (χ1n) is 11.9. The summed E-state index contributed by atoms with van der Waals surface area (Å²) in [6.07, 6.45) is 2.10. The molecule has 0 aliphatic carbocycles. The molecule has 4 rings (SSSR count). The molecule has 4 N–H and O–H groups in total. The van der Waals surface area contributed by atoms with Gasteiger partial charge in [0.1, 0.15) is 11.7 Å². The van der Waals surface area contributed by atoms with E-state index < -0.39 is 18.1 Å². The highest BCUT2D eigenvalue weighted by Gasteiger charge is 2.24. The molecular weight excluding hydrogens is 480 g/mol. The molecule has 2 atom stereocenters. The van der Waals surface area contributed by atoms with Crippen molar-refractivity contribution >= 4 is 34.5 Å². The number of rotatable bonds is 6. The average Bonchev–Trinajstić information content (AvgIpc) is 3.18. The fraction of sp³-hybridized carbons (Fsp3) is 0.172. The fourth-order valence-corrected chi connectivity index (χ4v) is 4.20. The van der Waals surface area contributed by atoms with Crippen molar-refractivity contribution in [3.8, 4) is 17.5 Å². The number of fused-ring (bicyclic) bond motifs is 1. The Bertz CT molecular complexity index is 1670. The quantitative estimate of drug-likeness (QED) is 0.272. The third kappa shape index (κ3) is 5.12. The second-order valence-electron chi connectivity index (χ2n) is 8.68. The Kier molecular flexibility index (Phi) is 7.55. The first kappa shape index (κ1) is 26.1. The van der Waals surface area contributed by atoms with Gasteiger partial charge in [0.05, 0.1) is 11.4 Å². The highest BCUT2D eigenvalue weighted by molar-refractivity contribution is 6.03. The lowest BCUT2D eigenvalue weighted by atomic mass is 10.0. The van der Waals surface area contributed by atoms with Gasteiger partial charge < -0.3 is 16.2 Å². The Morgan fingerprint density at radius 1 is 1.21 bits per heavy atom. The number of hydrogen-bond acceptors (Lipinski definition) is 6. The lowest BCUT2D eigenvalue weighted by molar-refractivity contribution is 0.0940. The van der Waals surface area contributed by atoms with Gasteiger partial charge in [-0.25, -0.2) is 9.67 Å². The predicted octanol–water partition coefficient (Wildman–Crippen LogP) is 3.42. The Labute approximate surface area is 219 Å². The fourth-order valence-electron chi connectivity index (χ4n) is 4.20. The summed E-state index contributed by atoms with van der Waals surface area (Å²) in [5.41, 5.74) is 7.57. The lowest BCUT2D eigenvalue weighted by Gasteiger charge is -2.21. The lowest BCUT2D eigenvalue weighted by Crippen LogP contribution is -2.32. The first-order chi connectivity index (χ1) is 18.2. The number of nitrogens with one attached hydrogen (secondary N) is 1. The molecule has 2 aromatic carbocycles. The number of aromatic nitrogens is 3. The van der Waals surface area contributed by atoms with Gasteiger partial charge in [0, 0.05) is 30.2 Å². The molecule has 0 saturated carbocycles. The van der Waals surface area contributed by atoms with E-state index >= 15 is 0 Å². The smallest absolute Gasteiger partial charge is 0.264 e. The van der Waals surface area contributed by atoms with Gasteiger partial charge in [-0.05, 0) is 43.5 Å². The molecule has 0 saturated heterocycles. The molecule has 0 spiro atoms. The van der Waals surface area contributed by atoms with Crippen molar-refractivity contribution in [2.24, 2.45) is 12.0 Å². The number of allylic oxidation sites excluding steroid dienone is 1. The minimum Gasteiger partial charge on any atom is -0.381 e. The van der Waals surface area contributed by atoms with Crippen LogP contribution in [0.5, 0.6) is 0 Å². The van der Waals surface area contributed by atoms with Crippen molar-refractivity contribution < 1.29 is 9.90 Å². The molecule has 1 amide bonds. The van der Waals surface area contributed by atoms with Crippen molar-refractivity contribution in [2.45, 2.75) is 26.0 Å². The van der Waals surface area contributed by atoms with Crippen molar-refractivity contribution in [1.82, 2.24) is 19.7 Å². The number of carbonyl (C=O) groups is 1. The van der Waals surface area contributed by atoms with Gasteiger partial charge >= 0.3 is 0 Å². The number of anilines is 1. The minimum absolute atomic E-state index is 0.0358. The molecule has 192 valence electrons. The van der Waals surface area contributed by atoms with E-state index in [1.54, 1.807) is 37.6 Å². The molecule has 2 heterocycles. The van der Waals surface area contributed by atoms with E-state index in [0.717, 1.165) is 0 Å². The van der Waals surface area contributed by atoms with Gasteiger partial charge in [-0.3, -0.25) is 14.2 Å². The Balaban J connectivity index is 1.87. The van der Waals surface area contributed by atoms with Gasteiger partial charge in [-0.2, -0.15) is 5.10 Å². The number of aliphatic hydroxyl groups is 1. The number of nitrogens with zero attached hydrogens (tertiary/aromatic N) is 4. The van der Waals surface area contributed by atoms with E-state index in [4.69, 9.17) is 5.73 Å². The molecule has 0 fully saturated rings. The monoisotopic (exact) mass is 508 g/mol. The molecule has 0 bridgehead atoms. The van der Waals surface area contributed by atoms with E-state index in [-0.39, 0.29) is 22.8 Å². The van der Waals surface area contributed by atoms with E-state index in [2.05, 4.69) is 33.8 Å². The zero-order valence-corrected chi connectivity index (χ0v) is 21.3. The summed E-state index contributed by atoms with van der Waals surface area (Å²) >= 11 is 0. The Morgan fingerprint density at radius 3 is 2.63 bits per heavy atom. The van der Waals surface area contributed by atoms with Gasteiger partial charge in [0.25, 0.3) is 11.5 Å². The number of nitrogens with two attached hydrogens (primary N) is 1. The topological polar surface area (TPSA) is 128 Å². The van der Waals surface area contributed by atoms with Gasteiger partial charge in [0.15, 0.2) is 11.6 Å². The maximum atomic E-state index is 14.0. The molecule has 9 nitrogen and oxygen atoms in total. The summed E-state index contributed by atoms with van der Waals surface area (Å²) < 4.78 is 2.98. The highest BCUT2D eigenvalue weighted by atomic mass is 16.3. The van der Waals surface area contributed by atoms with E-state index in [1.807, 2.05) is 42.5 Å². The average molecular weight is 509 g/mol. The van der Waals surface area contributed by atoms with Crippen LogP contribution in [-0.2, 0) is 7.05 Å². The minimum atomic E-state index is -0.836. The number of aliphatic imine (C=N–C) groups is 1. The van der Waals surface area contributed by atoms with Crippen molar-refractivity contribution in [1.29, 1.82) is 0 Å². The number of amides is 1. The molecule has 2 unspecified atom stereocenters. The Morgan fingerprint density at radius 2 is 1.95 bits per heavy atom. The van der Waals surface area contributed by atoms with Crippen LogP contribution in [0.25, 0.3) is 16.5 Å². The number of aryl methyl sites for hydroxylation is 1. The summed E-state index contributed by atoms with van der Waals surface area (Å²) in [5, 5.41) is 17.8. The van der Waals surface area contributed by atoms with Crippen LogP contribution in [-0.4, -0.2) is 37.7 Å². The third-order valence-electron chi connectivity index (χ3n) is 5.87. The molecule has 4 aromatic rings. The Hall–Kier alpha value is -4.94. The van der Waals surface area contributed by atoms with Gasteiger partial charge in [-0.1, -0.05) is 54.8 Å². The zero-order chi connectivity index (χ0) is 27.4. The number of pyridine rings is 1. The maximum absolute atomic E-state index is 14.0. The number of para-hydroxylation sites is 1. The third-order valence-corrected chi connectivity index (χ3v) is 5.87. The predicted molar refractivity (Wildman–Crippen MR) is 150 cm³/mol. The summed E-state index contributed by atoms with van der Waals surface area (Å²) in [6.45, 7) is 6.96. The molecular formula is C29H28N6O3. The standard InChI is InChI=1S/C29H28N6O3/c1-5-16-31-27-25(26(30)33-34(27)4)28(37)32-19(3)23-17-21-11-9-10-20(15-14-18(2)36)24(21)29(38)35(23)22-12-7-6-8-13-22/h5-13,16-19,36H,1H2,2-4H3,(H2,30,33)(H,32,37)/b31-16-. The van der Waals surface area contributed by atoms with E-state index in [0.29, 0.717) is 27.7 Å². The largest absolute Gasteiger partial charge is 0.381 e. The van der Waals surface area contributed by atoms with Crippen molar-refractivity contribution in [3.05, 3.63) is 94.4 Å². The molecule has 2 aromatic heterocycles. The van der Waals surface area contributed by atoms with E-state index in [9.17, 15) is 14.7 Å². The normalized spacial score (nSPS) is 12.6. The summed E-state index contributed by atoms with van der Waals surface area (Å²) in [7, 11) is 1.64. The van der Waals surface area contributed by atoms with E-state index in [1.165, 1.54) is 17.0 Å². The van der Waals surface area contributed by atoms with Crippen LogP contribution < -0.4 is 16.6 Å². The molecule has 0 radical (unpaired) electrons. The SMILES string of the molecule is C=C/C=N\c1c(C(=O)NC(C)c2cc3cccc(C#CC(C)O)c3c(=O)n2-c2ccccc2)c(N)nn1C. The number of aliphatic hydroxyl groups excluding tert-OH is 1. The molecule has 0 aliphatic heterocycles. The second-order valence-corrected chi connectivity index (χ2v) is 8.68. The van der Waals surface area contributed by atoms with Crippen LogP contribution in [0.2, 0.25) is 0 Å². The maximum Gasteiger partial charge on any atom is 0.264 e. The first-order valence-corrected chi connectivity index (χ1v) is 11.9. The summed E-state index contributed by atoms with van der Waals surface area (Å²) in [5.74, 6) is 5.46. The van der Waals surface area contributed by atoms with Crippen LogP contribution in [0, 0.1) is 11.8 Å². The van der Waals surface area contributed by atoms with Crippen molar-refractivity contribution in [3.63, 3.8) is 0 Å². The number of benzene rings is 2. The summed E-state index contributed by atoms with van der Waals surface area (Å²) in [4.78, 5) is 31.6. The van der Waals surface area contributed by atoms with Crippen molar-refractivity contribution in [2.75, 3.05) is 5.73 Å². The second kappa shape index (κ2) is 11.0. The van der Waals surface area contributed by atoms with Gasteiger partial charge in [-0.15, -0.1) is 0 Å². The summed E-state index contributed by atoms with van der Waals surface area (Å²) in [6, 6.07) is 15.8. The van der Waals surface area contributed by atoms with Crippen LogP contribution in [0.3, 0.4) is 0 Å². The number of nitrogen functional groups attached to an aromatic ring is 1. The van der Waals surface area contributed by atoms with Crippen LogP contribution in [0.15, 0.2) is 77.0 Å². The van der Waals surface area contributed by atoms with Crippen LogP contribution >= 0.6 is 0 Å². The zero-order valence-electron chi connectivity index (χ0n) is 21.3. The molecule has 9 heteroatoms. The van der Waals surface area contributed by atoms with Crippen LogP contribution in [0.4, 0.5) is 11.6 Å².